The molecule has 0 unspecified atom stereocenters. The molecular formula is C34H42F6N4O8. The van der Waals surface area contributed by atoms with Crippen molar-refractivity contribution in [3.8, 4) is 0 Å². The highest BCUT2D eigenvalue weighted by Gasteiger charge is 2.31. The minimum Gasteiger partial charge on any atom is -0.394 e. The summed E-state index contributed by atoms with van der Waals surface area (Å²) in [6.45, 7) is 0.902. The van der Waals surface area contributed by atoms with Gasteiger partial charge in [-0.1, -0.05) is 34.6 Å². The molecule has 288 valence electrons. The van der Waals surface area contributed by atoms with E-state index in [-0.39, 0.29) is 26.3 Å². The molecular weight excluding hydrogens is 706 g/mol. The molecule has 0 heterocycles. The first kappa shape index (κ1) is 43.6. The van der Waals surface area contributed by atoms with Crippen molar-refractivity contribution in [2.75, 3.05) is 53.7 Å². The number of hydrogen-bond donors (Lipinski definition) is 2. The fourth-order valence-corrected chi connectivity index (χ4v) is 4.14. The number of nitrogens with zero attached hydrogens (tertiary/aromatic N) is 2. The van der Waals surface area contributed by atoms with Crippen LogP contribution in [0.15, 0.2) is 71.0 Å². The maximum Gasteiger partial charge on any atom is 0.416 e. The van der Waals surface area contributed by atoms with Gasteiger partial charge in [0, 0.05) is 39.6 Å². The summed E-state index contributed by atoms with van der Waals surface area (Å²) in [4.78, 5) is 43.7. The molecule has 0 spiro atoms. The van der Waals surface area contributed by atoms with E-state index < -0.39 is 35.4 Å². The Balaban J connectivity index is 1.72. The third kappa shape index (κ3) is 18.1. The number of ether oxygens (including phenoxy) is 2. The summed E-state index contributed by atoms with van der Waals surface area (Å²) in [7, 11) is 3.12. The van der Waals surface area contributed by atoms with E-state index >= 15 is 0 Å². The van der Waals surface area contributed by atoms with Gasteiger partial charge in [-0.05, 0) is 73.9 Å². The number of rotatable bonds is 24. The number of hydroxylamine groups is 2. The zero-order chi connectivity index (χ0) is 38.2. The molecule has 0 saturated heterocycles. The summed E-state index contributed by atoms with van der Waals surface area (Å²) >= 11 is 0. The summed E-state index contributed by atoms with van der Waals surface area (Å²) in [5.41, 5.74) is 4.90. The minimum atomic E-state index is -4.46. The third-order valence-corrected chi connectivity index (χ3v) is 6.76. The highest BCUT2D eigenvalue weighted by Crippen LogP contribution is 2.30. The van der Waals surface area contributed by atoms with E-state index in [1.165, 1.54) is 24.3 Å². The van der Waals surface area contributed by atoms with Crippen LogP contribution >= 0.6 is 0 Å². The maximum atomic E-state index is 12.9. The Kier molecular flexibility index (Phi) is 20.0. The Morgan fingerprint density at radius 1 is 0.596 bits per heavy atom. The van der Waals surface area contributed by atoms with E-state index in [1.807, 2.05) is 0 Å². The fraction of sp³-hybridized carbons (Fsp3) is 0.471. The van der Waals surface area contributed by atoms with E-state index in [2.05, 4.69) is 21.3 Å². The molecule has 0 radical (unpaired) electrons. The Morgan fingerprint density at radius 3 is 1.29 bits per heavy atom. The van der Waals surface area contributed by atoms with Crippen LogP contribution in [0.5, 0.6) is 0 Å². The summed E-state index contributed by atoms with van der Waals surface area (Å²) in [6, 6.07) is 9.11. The number of nitrogens with one attached hydrogen (secondary N) is 2. The smallest absolute Gasteiger partial charge is 0.394 e. The molecule has 2 aromatic rings. The van der Waals surface area contributed by atoms with Crippen LogP contribution in [0, 0.1) is 0 Å². The minimum absolute atomic E-state index is 0.00470. The van der Waals surface area contributed by atoms with Crippen LogP contribution in [0.1, 0.15) is 60.8 Å². The van der Waals surface area contributed by atoms with Gasteiger partial charge in [0.1, 0.15) is 13.2 Å². The molecule has 0 aliphatic heterocycles. The number of alkyl halides is 6. The van der Waals surface area contributed by atoms with Gasteiger partial charge < -0.3 is 28.8 Å². The molecule has 2 aromatic carbocycles. The maximum absolute atomic E-state index is 12.9. The van der Waals surface area contributed by atoms with Crippen molar-refractivity contribution < 1.29 is 64.8 Å². The van der Waals surface area contributed by atoms with Gasteiger partial charge in [-0.3, -0.25) is 0 Å². The third-order valence-electron chi connectivity index (χ3n) is 6.76. The van der Waals surface area contributed by atoms with Crippen LogP contribution < -0.4 is 11.0 Å². The number of carbonyl (C=O) groups is 2. The monoisotopic (exact) mass is 748 g/mol. The van der Waals surface area contributed by atoms with Gasteiger partial charge >= 0.3 is 24.3 Å². The van der Waals surface area contributed by atoms with Crippen LogP contribution in [-0.2, 0) is 50.8 Å². The van der Waals surface area contributed by atoms with E-state index in [1.54, 1.807) is 14.2 Å². The SMILES string of the molecule is COCCCC/C(=N\OCCNOC(=O)/C=C\C(=O)ONCCO/N=C(\CCCCOC)c1ccc(C(F)(F)F)cc1)c1ccc(C(F)(F)F)cc1. The van der Waals surface area contributed by atoms with Crippen LogP contribution in [0.3, 0.4) is 0 Å². The van der Waals surface area contributed by atoms with E-state index in [4.69, 9.17) is 28.8 Å². The second-order valence-electron chi connectivity index (χ2n) is 10.8. The standard InChI is InChI=1S/C34H42F6N4O8/c1-47-21-5-3-7-29(25-9-13-27(14-10-25)33(35,36)37)43-49-23-19-41-51-31(45)17-18-32(46)52-42-20-24-50-44-30(8-4-6-22-48-2)26-11-15-28(16-12-26)34(38,39)40/h9-18,41-42H,3-8,19-24H2,1-2H3/b18-17-,43-29+,44-30+. The van der Waals surface area contributed by atoms with Crippen molar-refractivity contribution in [3.05, 3.63) is 82.9 Å². The number of hydrogen-bond acceptors (Lipinski definition) is 12. The molecule has 18 heteroatoms. The summed E-state index contributed by atoms with van der Waals surface area (Å²) in [6.07, 6.45) is -3.73. The van der Waals surface area contributed by atoms with Gasteiger partial charge in [-0.15, -0.1) is 11.0 Å². The first-order valence-electron chi connectivity index (χ1n) is 16.1. The van der Waals surface area contributed by atoms with Gasteiger partial charge in [0.05, 0.1) is 35.6 Å². The van der Waals surface area contributed by atoms with E-state index in [9.17, 15) is 35.9 Å². The van der Waals surface area contributed by atoms with Crippen molar-refractivity contribution in [2.24, 2.45) is 10.3 Å². The average Bonchev–Trinajstić information content (AvgIpc) is 3.11. The predicted molar refractivity (Wildman–Crippen MR) is 177 cm³/mol. The van der Waals surface area contributed by atoms with Crippen molar-refractivity contribution in [1.29, 1.82) is 0 Å². The topological polar surface area (TPSA) is 138 Å². The Morgan fingerprint density at radius 2 is 0.962 bits per heavy atom. The first-order chi connectivity index (χ1) is 24.8. The number of unbranched alkanes of at least 4 members (excludes halogenated alkanes) is 2. The van der Waals surface area contributed by atoms with Gasteiger partial charge in [-0.25, -0.2) is 9.59 Å². The summed E-state index contributed by atoms with van der Waals surface area (Å²) in [5.74, 6) is -1.86. The molecule has 0 bridgehead atoms. The normalized spacial score (nSPS) is 12.6. The average molecular weight is 749 g/mol. The van der Waals surface area contributed by atoms with Crippen LogP contribution in [0.25, 0.3) is 0 Å². The highest BCUT2D eigenvalue weighted by molar-refractivity contribution is 6.00. The van der Waals surface area contributed by atoms with E-state index in [0.29, 0.717) is 74.3 Å². The molecule has 0 aromatic heterocycles. The first-order valence-corrected chi connectivity index (χ1v) is 16.1. The lowest BCUT2D eigenvalue weighted by Gasteiger charge is -2.10. The molecule has 2 N–H and O–H groups in total. The molecule has 0 fully saturated rings. The molecule has 2 rings (SSSR count). The lowest BCUT2D eigenvalue weighted by molar-refractivity contribution is -0.148. The van der Waals surface area contributed by atoms with Gasteiger partial charge in [0.25, 0.3) is 0 Å². The van der Waals surface area contributed by atoms with Crippen molar-refractivity contribution in [2.45, 2.75) is 50.9 Å². The van der Waals surface area contributed by atoms with Gasteiger partial charge in [0.15, 0.2) is 0 Å². The Labute approximate surface area is 297 Å². The van der Waals surface area contributed by atoms with Crippen molar-refractivity contribution in [3.63, 3.8) is 0 Å². The second-order valence-corrected chi connectivity index (χ2v) is 10.8. The van der Waals surface area contributed by atoms with Crippen LogP contribution in [0.2, 0.25) is 0 Å². The molecule has 12 nitrogen and oxygen atoms in total. The molecule has 52 heavy (non-hydrogen) atoms. The zero-order valence-corrected chi connectivity index (χ0v) is 28.7. The largest absolute Gasteiger partial charge is 0.416 e. The fourth-order valence-electron chi connectivity index (χ4n) is 4.14. The predicted octanol–water partition coefficient (Wildman–Crippen LogP) is 6.15. The number of oxime groups is 2. The highest BCUT2D eigenvalue weighted by atomic mass is 19.4. The summed E-state index contributed by atoms with van der Waals surface area (Å²) < 4.78 is 87.6. The lowest BCUT2D eigenvalue weighted by Crippen LogP contribution is -2.24. The molecule has 0 aliphatic carbocycles. The Bertz CT molecular complexity index is 1330. The molecule has 0 amide bonds. The second kappa shape index (κ2) is 23.9. The number of halogens is 6. The lowest BCUT2D eigenvalue weighted by atomic mass is 10.0. The zero-order valence-electron chi connectivity index (χ0n) is 28.7. The molecule has 0 aliphatic rings. The molecule has 0 atom stereocenters. The number of methoxy groups -OCH3 is 2. The number of benzene rings is 2. The van der Waals surface area contributed by atoms with Crippen LogP contribution in [-0.4, -0.2) is 77.1 Å². The molecule has 0 saturated carbocycles. The quantitative estimate of drug-likeness (QED) is 0.0423. The van der Waals surface area contributed by atoms with Gasteiger partial charge in [-0.2, -0.15) is 26.3 Å². The van der Waals surface area contributed by atoms with Gasteiger partial charge in [0.2, 0.25) is 0 Å². The van der Waals surface area contributed by atoms with Crippen molar-refractivity contribution >= 4 is 23.4 Å². The summed E-state index contributed by atoms with van der Waals surface area (Å²) in [5, 5.41) is 8.07. The van der Waals surface area contributed by atoms with Crippen LogP contribution in [0.4, 0.5) is 26.3 Å². The Hall–Kier alpha value is -4.52. The van der Waals surface area contributed by atoms with Crippen molar-refractivity contribution in [1.82, 2.24) is 11.0 Å². The number of carbonyl (C=O) groups excluding carboxylic acids is 2. The van der Waals surface area contributed by atoms with E-state index in [0.717, 1.165) is 36.4 Å².